The van der Waals surface area contributed by atoms with E-state index in [9.17, 15) is 9.59 Å². The highest BCUT2D eigenvalue weighted by atomic mass is 16.5. The number of hydrogen-bond acceptors (Lipinski definition) is 5. The van der Waals surface area contributed by atoms with Gasteiger partial charge in [-0.3, -0.25) is 4.79 Å². The van der Waals surface area contributed by atoms with E-state index < -0.39 is 17.4 Å². The van der Waals surface area contributed by atoms with Crippen LogP contribution >= 0.6 is 0 Å². The van der Waals surface area contributed by atoms with Crippen LogP contribution in [0.4, 0.5) is 0 Å². The first-order chi connectivity index (χ1) is 11.0. The monoisotopic (exact) mass is 317 g/mol. The van der Waals surface area contributed by atoms with E-state index >= 15 is 0 Å². The Bertz CT molecular complexity index is 679. The number of carbonyl (C=O) groups is 2. The van der Waals surface area contributed by atoms with Crippen molar-refractivity contribution < 1.29 is 23.5 Å². The molecular weight excluding hydrogens is 298 g/mol. The van der Waals surface area contributed by atoms with Crippen molar-refractivity contribution in [2.24, 2.45) is 0 Å². The van der Waals surface area contributed by atoms with Crippen molar-refractivity contribution in [1.29, 1.82) is 0 Å². The summed E-state index contributed by atoms with van der Waals surface area (Å²) in [5.41, 5.74) is -0.967. The molecule has 1 amide bonds. The minimum atomic E-state index is -1.33. The zero-order valence-electron chi connectivity index (χ0n) is 13.3. The third-order valence-electron chi connectivity index (χ3n) is 3.40. The minimum Gasteiger partial charge on any atom is -0.491 e. The van der Waals surface area contributed by atoms with Crippen LogP contribution in [0.3, 0.4) is 0 Å². The average molecular weight is 317 g/mol. The van der Waals surface area contributed by atoms with Gasteiger partial charge in [0, 0.05) is 0 Å². The van der Waals surface area contributed by atoms with Crippen LogP contribution in [0.15, 0.2) is 47.1 Å². The first kappa shape index (κ1) is 16.6. The molecule has 0 saturated carbocycles. The predicted molar refractivity (Wildman–Crippen MR) is 83.3 cm³/mol. The van der Waals surface area contributed by atoms with E-state index in [-0.39, 0.29) is 6.61 Å². The molecule has 0 aliphatic heterocycles. The van der Waals surface area contributed by atoms with Crippen molar-refractivity contribution in [3.8, 4) is 5.75 Å². The second kappa shape index (κ2) is 7.00. The topological polar surface area (TPSA) is 77.8 Å². The van der Waals surface area contributed by atoms with Gasteiger partial charge in [0.25, 0.3) is 5.91 Å². The number of nitrogens with one attached hydrogen (secondary N) is 1. The molecule has 0 bridgehead atoms. The van der Waals surface area contributed by atoms with Crippen LogP contribution in [0.5, 0.6) is 5.75 Å². The number of hydrogen-bond donors (Lipinski definition) is 1. The normalized spacial score (nSPS) is 13.0. The first-order valence-corrected chi connectivity index (χ1v) is 7.09. The van der Waals surface area contributed by atoms with Gasteiger partial charge in [-0.2, -0.15) is 0 Å². The van der Waals surface area contributed by atoms with Crippen molar-refractivity contribution in [2.75, 3.05) is 13.7 Å². The lowest BCUT2D eigenvalue weighted by molar-refractivity contribution is -0.148. The Morgan fingerprint density at radius 2 is 1.91 bits per heavy atom. The highest BCUT2D eigenvalue weighted by molar-refractivity contribution is 5.98. The van der Waals surface area contributed by atoms with Gasteiger partial charge in [-0.15, -0.1) is 0 Å². The van der Waals surface area contributed by atoms with E-state index in [0.717, 1.165) is 0 Å². The van der Waals surface area contributed by atoms with E-state index in [0.29, 0.717) is 17.1 Å². The lowest BCUT2D eigenvalue weighted by atomic mass is 10.0. The maximum atomic E-state index is 12.3. The van der Waals surface area contributed by atoms with Gasteiger partial charge in [0.05, 0.1) is 18.9 Å². The molecule has 1 unspecified atom stereocenters. The van der Waals surface area contributed by atoms with E-state index in [1.165, 1.54) is 13.4 Å². The molecule has 23 heavy (non-hydrogen) atoms. The molecule has 0 spiro atoms. The van der Waals surface area contributed by atoms with Crippen LogP contribution in [0, 0.1) is 6.92 Å². The van der Waals surface area contributed by atoms with Gasteiger partial charge in [0.1, 0.15) is 18.1 Å². The molecule has 0 fully saturated rings. The smallest absolute Gasteiger partial charge is 0.334 e. The number of benzene rings is 1. The summed E-state index contributed by atoms with van der Waals surface area (Å²) in [7, 11) is 1.26. The van der Waals surface area contributed by atoms with Gasteiger partial charge < -0.3 is 19.2 Å². The molecule has 1 N–H and O–H groups in total. The van der Waals surface area contributed by atoms with E-state index in [4.69, 9.17) is 13.9 Å². The fourth-order valence-electron chi connectivity index (χ4n) is 2.05. The van der Waals surface area contributed by atoms with Gasteiger partial charge in [-0.1, -0.05) is 18.2 Å². The Balaban J connectivity index is 2.13. The molecule has 0 aliphatic carbocycles. The third kappa shape index (κ3) is 3.91. The molecule has 1 aromatic carbocycles. The van der Waals surface area contributed by atoms with Crippen LogP contribution < -0.4 is 10.1 Å². The molecule has 122 valence electrons. The molecule has 1 atom stereocenters. The van der Waals surface area contributed by atoms with Crippen LogP contribution in [-0.4, -0.2) is 31.1 Å². The summed E-state index contributed by atoms with van der Waals surface area (Å²) in [4.78, 5) is 24.4. The van der Waals surface area contributed by atoms with Gasteiger partial charge >= 0.3 is 5.97 Å². The van der Waals surface area contributed by atoms with Gasteiger partial charge in [-0.25, -0.2) is 4.79 Å². The second-order valence-electron chi connectivity index (χ2n) is 5.27. The number of furan rings is 1. The molecule has 6 heteroatoms. The number of rotatable bonds is 6. The summed E-state index contributed by atoms with van der Waals surface area (Å²) in [6.07, 6.45) is 1.42. The molecule has 0 saturated heterocycles. The fourth-order valence-corrected chi connectivity index (χ4v) is 2.05. The number of carbonyl (C=O) groups excluding carboxylic acids is 2. The number of aryl methyl sites for hydroxylation is 1. The molecule has 0 aliphatic rings. The number of esters is 1. The van der Waals surface area contributed by atoms with Crippen molar-refractivity contribution in [3.05, 3.63) is 54.0 Å². The van der Waals surface area contributed by atoms with Crippen LogP contribution in [0.25, 0.3) is 0 Å². The van der Waals surface area contributed by atoms with E-state index in [1.54, 1.807) is 32.0 Å². The number of para-hydroxylation sites is 1. The van der Waals surface area contributed by atoms with Crippen LogP contribution in [0.1, 0.15) is 23.0 Å². The van der Waals surface area contributed by atoms with Crippen LogP contribution in [-0.2, 0) is 9.53 Å². The highest BCUT2D eigenvalue weighted by Gasteiger charge is 2.38. The minimum absolute atomic E-state index is 0.0632. The van der Waals surface area contributed by atoms with Crippen LogP contribution in [0.2, 0.25) is 0 Å². The molecule has 2 aromatic rings. The molecular formula is C17H19NO5. The Morgan fingerprint density at radius 1 is 1.22 bits per heavy atom. The molecule has 1 heterocycles. The molecule has 1 aromatic heterocycles. The summed E-state index contributed by atoms with van der Waals surface area (Å²) in [6.45, 7) is 3.16. The van der Waals surface area contributed by atoms with E-state index in [2.05, 4.69) is 5.32 Å². The van der Waals surface area contributed by atoms with Gasteiger partial charge in [0.15, 0.2) is 5.54 Å². The summed E-state index contributed by atoms with van der Waals surface area (Å²) in [6, 6.07) is 10.6. The maximum absolute atomic E-state index is 12.3. The zero-order valence-corrected chi connectivity index (χ0v) is 13.3. The first-order valence-electron chi connectivity index (χ1n) is 7.09. The Labute approximate surface area is 134 Å². The maximum Gasteiger partial charge on any atom is 0.334 e. The highest BCUT2D eigenvalue weighted by Crippen LogP contribution is 2.16. The average Bonchev–Trinajstić information content (AvgIpc) is 2.99. The zero-order chi connectivity index (χ0) is 16.9. The molecule has 2 rings (SSSR count). The lowest BCUT2D eigenvalue weighted by Gasteiger charge is -2.27. The quantitative estimate of drug-likeness (QED) is 0.827. The number of methoxy groups -OCH3 is 1. The Kier molecular flexibility index (Phi) is 5.05. The molecule has 0 radical (unpaired) electrons. The SMILES string of the molecule is COC(=O)C(C)(COc1ccccc1)NC(=O)c1ccoc1C. The van der Waals surface area contributed by atoms with Crippen molar-refractivity contribution in [2.45, 2.75) is 19.4 Å². The lowest BCUT2D eigenvalue weighted by Crippen LogP contribution is -2.56. The number of ether oxygens (including phenoxy) is 2. The van der Waals surface area contributed by atoms with Crippen molar-refractivity contribution in [3.63, 3.8) is 0 Å². The van der Waals surface area contributed by atoms with Crippen molar-refractivity contribution in [1.82, 2.24) is 5.32 Å². The predicted octanol–water partition coefficient (Wildman–Crippen LogP) is 2.33. The second-order valence-corrected chi connectivity index (χ2v) is 5.27. The molecule has 6 nitrogen and oxygen atoms in total. The summed E-state index contributed by atoms with van der Waals surface area (Å²) in [5, 5.41) is 2.66. The standard InChI is InChI=1S/C17H19NO5/c1-12-14(9-10-22-12)15(19)18-17(2,16(20)21-3)11-23-13-7-5-4-6-8-13/h4-10H,11H2,1-3H3,(H,18,19). The summed E-state index contributed by atoms with van der Waals surface area (Å²) in [5.74, 6) is 0.0406. The Morgan fingerprint density at radius 3 is 2.48 bits per heavy atom. The largest absolute Gasteiger partial charge is 0.491 e. The third-order valence-corrected chi connectivity index (χ3v) is 3.40. The number of amides is 1. The van der Waals surface area contributed by atoms with Gasteiger partial charge in [0.2, 0.25) is 0 Å². The summed E-state index contributed by atoms with van der Waals surface area (Å²) >= 11 is 0. The van der Waals surface area contributed by atoms with Gasteiger partial charge in [-0.05, 0) is 32.0 Å². The van der Waals surface area contributed by atoms with E-state index in [1.807, 2.05) is 18.2 Å². The fraction of sp³-hybridized carbons (Fsp3) is 0.294. The Hall–Kier alpha value is -2.76. The van der Waals surface area contributed by atoms with Crippen molar-refractivity contribution >= 4 is 11.9 Å². The summed E-state index contributed by atoms with van der Waals surface area (Å²) < 4.78 is 15.5.